The second-order valence-corrected chi connectivity index (χ2v) is 9.67. The largest absolute Gasteiger partial charge is 0.462 e. The molecule has 2 N–H and O–H groups in total. The van der Waals surface area contributed by atoms with Crippen molar-refractivity contribution in [2.45, 2.75) is 59.2 Å². The number of fused-ring (bicyclic) bond motifs is 1. The van der Waals surface area contributed by atoms with Crippen molar-refractivity contribution in [1.29, 1.82) is 0 Å². The van der Waals surface area contributed by atoms with Gasteiger partial charge in [-0.15, -0.1) is 0 Å². The van der Waals surface area contributed by atoms with E-state index in [-0.39, 0.29) is 11.7 Å². The van der Waals surface area contributed by atoms with Gasteiger partial charge in [-0.3, -0.25) is 19.8 Å². The number of aromatic nitrogens is 3. The SMILES string of the molecule is Cc1cc(-c2nc3ccc(CN[C@H](C(=O)OC(C)C)[C@@H](C)O)cc3n2CN2CCOC2)cn(C)c1=O. The summed E-state index contributed by atoms with van der Waals surface area (Å²) in [5.41, 5.74) is 4.17. The average molecular weight is 498 g/mol. The van der Waals surface area contributed by atoms with Crippen molar-refractivity contribution >= 4 is 17.0 Å². The molecule has 0 radical (unpaired) electrons. The van der Waals surface area contributed by atoms with Crippen molar-refractivity contribution in [3.8, 4) is 11.4 Å². The van der Waals surface area contributed by atoms with E-state index in [1.165, 1.54) is 0 Å². The number of esters is 1. The van der Waals surface area contributed by atoms with Crippen LogP contribution in [0.1, 0.15) is 31.9 Å². The van der Waals surface area contributed by atoms with Crippen LogP contribution in [0.3, 0.4) is 0 Å². The molecule has 10 heteroatoms. The van der Waals surface area contributed by atoms with Crippen LogP contribution in [-0.2, 0) is 34.5 Å². The summed E-state index contributed by atoms with van der Waals surface area (Å²) in [4.78, 5) is 31.8. The third-order valence-corrected chi connectivity index (χ3v) is 6.21. The molecule has 1 aliphatic heterocycles. The Morgan fingerprint density at radius 2 is 2.06 bits per heavy atom. The number of aryl methyl sites for hydroxylation is 2. The zero-order valence-electron chi connectivity index (χ0n) is 21.5. The molecule has 3 heterocycles. The first-order chi connectivity index (χ1) is 17.1. The highest BCUT2D eigenvalue weighted by Crippen LogP contribution is 2.27. The third-order valence-electron chi connectivity index (χ3n) is 6.21. The Morgan fingerprint density at radius 3 is 2.69 bits per heavy atom. The van der Waals surface area contributed by atoms with Gasteiger partial charge in [0, 0.05) is 37.5 Å². The van der Waals surface area contributed by atoms with Gasteiger partial charge in [0.2, 0.25) is 0 Å². The second-order valence-electron chi connectivity index (χ2n) is 9.67. The number of imidazole rings is 1. The number of aliphatic hydroxyl groups excluding tert-OH is 1. The van der Waals surface area contributed by atoms with Gasteiger partial charge < -0.3 is 23.7 Å². The zero-order chi connectivity index (χ0) is 26.0. The van der Waals surface area contributed by atoms with Crippen molar-refractivity contribution < 1.29 is 19.4 Å². The van der Waals surface area contributed by atoms with Crippen LogP contribution in [0.2, 0.25) is 0 Å². The summed E-state index contributed by atoms with van der Waals surface area (Å²) >= 11 is 0. The lowest BCUT2D eigenvalue weighted by molar-refractivity contribution is -0.152. The summed E-state index contributed by atoms with van der Waals surface area (Å²) in [6.45, 7) is 9.93. The normalized spacial score (nSPS) is 16.1. The molecule has 0 unspecified atom stereocenters. The fourth-order valence-electron chi connectivity index (χ4n) is 4.39. The van der Waals surface area contributed by atoms with Crippen molar-refractivity contribution in [2.75, 3.05) is 19.9 Å². The van der Waals surface area contributed by atoms with Crippen molar-refractivity contribution in [3.05, 3.63) is 51.9 Å². The Hall–Kier alpha value is -3.05. The second kappa shape index (κ2) is 10.9. The standard InChI is InChI=1S/C26H35N5O5/c1-16(2)36-26(34)23(18(4)32)27-12-19-6-7-21-22(11-19)31(14-30-8-9-35-15-30)24(28-21)20-10-17(3)25(33)29(5)13-20/h6-7,10-11,13,16,18,23,27,32H,8-9,12,14-15H2,1-5H3/t18-,23+/m1/s1. The van der Waals surface area contributed by atoms with E-state index in [9.17, 15) is 14.7 Å². The Kier molecular flexibility index (Phi) is 7.89. The first kappa shape index (κ1) is 26.0. The van der Waals surface area contributed by atoms with Crippen LogP contribution in [0.15, 0.2) is 35.3 Å². The number of rotatable bonds is 9. The van der Waals surface area contributed by atoms with Crippen LogP contribution in [0, 0.1) is 6.92 Å². The predicted molar refractivity (Wildman–Crippen MR) is 136 cm³/mol. The molecule has 10 nitrogen and oxygen atoms in total. The number of benzene rings is 1. The molecule has 0 saturated carbocycles. The highest BCUT2D eigenvalue weighted by Gasteiger charge is 2.26. The topological polar surface area (TPSA) is 111 Å². The molecule has 4 rings (SSSR count). The maximum Gasteiger partial charge on any atom is 0.326 e. The van der Waals surface area contributed by atoms with Gasteiger partial charge in [0.25, 0.3) is 5.56 Å². The summed E-state index contributed by atoms with van der Waals surface area (Å²) in [6.07, 6.45) is 0.643. The van der Waals surface area contributed by atoms with E-state index in [4.69, 9.17) is 14.5 Å². The number of carbonyl (C=O) groups excluding carboxylic acids is 1. The van der Waals surface area contributed by atoms with Crippen molar-refractivity contribution in [2.24, 2.45) is 7.05 Å². The Balaban J connectivity index is 1.69. The van der Waals surface area contributed by atoms with Crippen LogP contribution in [-0.4, -0.2) is 68.2 Å². The smallest absolute Gasteiger partial charge is 0.326 e. The van der Waals surface area contributed by atoms with Crippen LogP contribution in [0.5, 0.6) is 0 Å². The third kappa shape index (κ3) is 5.67. The number of nitrogens with one attached hydrogen (secondary N) is 1. The molecule has 0 bridgehead atoms. The molecule has 194 valence electrons. The van der Waals surface area contributed by atoms with Gasteiger partial charge in [-0.25, -0.2) is 4.98 Å². The Morgan fingerprint density at radius 1 is 1.28 bits per heavy atom. The molecular formula is C26H35N5O5. The summed E-state index contributed by atoms with van der Waals surface area (Å²) in [7, 11) is 1.74. The number of pyridine rings is 1. The first-order valence-corrected chi connectivity index (χ1v) is 12.2. The monoisotopic (exact) mass is 497 g/mol. The number of hydrogen-bond acceptors (Lipinski definition) is 8. The lowest BCUT2D eigenvalue weighted by Gasteiger charge is -2.21. The molecule has 1 saturated heterocycles. The van der Waals surface area contributed by atoms with E-state index in [0.29, 0.717) is 32.1 Å². The highest BCUT2D eigenvalue weighted by atomic mass is 16.5. The summed E-state index contributed by atoms with van der Waals surface area (Å²) < 4.78 is 14.5. The molecule has 0 amide bonds. The molecule has 0 aliphatic carbocycles. The average Bonchev–Trinajstić information content (AvgIpc) is 3.45. The fourth-order valence-corrected chi connectivity index (χ4v) is 4.39. The molecule has 1 aliphatic rings. The van der Waals surface area contributed by atoms with Crippen LogP contribution >= 0.6 is 0 Å². The van der Waals surface area contributed by atoms with Gasteiger partial charge in [0.05, 0.1) is 36.5 Å². The number of hydrogen-bond donors (Lipinski definition) is 2. The number of nitrogens with zero attached hydrogens (tertiary/aromatic N) is 4. The zero-order valence-corrected chi connectivity index (χ0v) is 21.5. The molecule has 2 aromatic heterocycles. The van der Waals surface area contributed by atoms with E-state index in [2.05, 4.69) is 14.8 Å². The first-order valence-electron chi connectivity index (χ1n) is 12.2. The lowest BCUT2D eigenvalue weighted by Crippen LogP contribution is -2.46. The van der Waals surface area contributed by atoms with Gasteiger partial charge in [-0.2, -0.15) is 0 Å². The predicted octanol–water partition coefficient (Wildman–Crippen LogP) is 1.75. The van der Waals surface area contributed by atoms with Gasteiger partial charge in [-0.1, -0.05) is 6.07 Å². The highest BCUT2D eigenvalue weighted by molar-refractivity contribution is 5.81. The molecule has 2 atom stereocenters. The molecule has 1 fully saturated rings. The van der Waals surface area contributed by atoms with E-state index in [0.717, 1.165) is 34.5 Å². The van der Waals surface area contributed by atoms with E-state index < -0.39 is 18.1 Å². The van der Waals surface area contributed by atoms with Gasteiger partial charge in [0.1, 0.15) is 18.6 Å². The van der Waals surface area contributed by atoms with Crippen LogP contribution < -0.4 is 10.9 Å². The lowest BCUT2D eigenvalue weighted by atomic mass is 10.1. The molecule has 3 aromatic rings. The van der Waals surface area contributed by atoms with E-state index in [1.54, 1.807) is 39.3 Å². The summed E-state index contributed by atoms with van der Waals surface area (Å²) in [5.74, 6) is 0.288. The molecule has 1 aromatic carbocycles. The fraction of sp³-hybridized carbons (Fsp3) is 0.500. The van der Waals surface area contributed by atoms with Gasteiger partial charge in [0.15, 0.2) is 0 Å². The molecular weight excluding hydrogens is 462 g/mol. The quantitative estimate of drug-likeness (QED) is 0.430. The number of carbonyl (C=O) groups is 1. The number of aliphatic hydroxyl groups is 1. The molecule has 36 heavy (non-hydrogen) atoms. The van der Waals surface area contributed by atoms with Crippen molar-refractivity contribution in [3.63, 3.8) is 0 Å². The Bertz CT molecular complexity index is 1260. The summed E-state index contributed by atoms with van der Waals surface area (Å²) in [5, 5.41) is 13.3. The van der Waals surface area contributed by atoms with Crippen molar-refractivity contribution in [1.82, 2.24) is 24.3 Å². The van der Waals surface area contributed by atoms with E-state index in [1.807, 2.05) is 30.5 Å². The maximum absolute atomic E-state index is 12.4. The Labute approximate surface area is 210 Å². The molecule has 0 spiro atoms. The minimum atomic E-state index is -0.903. The van der Waals surface area contributed by atoms with Gasteiger partial charge >= 0.3 is 5.97 Å². The summed E-state index contributed by atoms with van der Waals surface area (Å²) in [6, 6.07) is 6.98. The van der Waals surface area contributed by atoms with Gasteiger partial charge in [-0.05, 0) is 51.5 Å². The number of ether oxygens (including phenoxy) is 2. The van der Waals surface area contributed by atoms with Crippen LogP contribution in [0.4, 0.5) is 0 Å². The minimum Gasteiger partial charge on any atom is -0.462 e. The minimum absolute atomic E-state index is 0.0358. The van der Waals surface area contributed by atoms with E-state index >= 15 is 0 Å². The maximum atomic E-state index is 12.4. The van der Waals surface area contributed by atoms with Crippen LogP contribution in [0.25, 0.3) is 22.4 Å².